The molecule has 0 atom stereocenters. The molecule has 0 fully saturated rings. The number of aromatic nitrogens is 3. The summed E-state index contributed by atoms with van der Waals surface area (Å²) in [4.78, 5) is 8.42. The molecular formula is C10H13ClN4. The highest BCUT2D eigenvalue weighted by Crippen LogP contribution is 2.15. The average Bonchev–Trinajstić information content (AvgIpc) is 2.66. The van der Waals surface area contributed by atoms with Crippen molar-refractivity contribution in [3.8, 4) is 0 Å². The molecule has 15 heavy (non-hydrogen) atoms. The van der Waals surface area contributed by atoms with Crippen LogP contribution in [0.2, 0.25) is 5.15 Å². The molecule has 0 radical (unpaired) electrons. The predicted molar refractivity (Wildman–Crippen MR) is 61.4 cm³/mol. The molecule has 1 N–H and O–H groups in total. The molecule has 0 aliphatic rings. The molecule has 4 nitrogen and oxygen atoms in total. The predicted octanol–water partition coefficient (Wildman–Crippen LogP) is 2.59. The van der Waals surface area contributed by atoms with Crippen molar-refractivity contribution in [2.24, 2.45) is 0 Å². The summed E-state index contributed by atoms with van der Waals surface area (Å²) in [5.41, 5.74) is 0. The van der Waals surface area contributed by atoms with Gasteiger partial charge in [0, 0.05) is 25.0 Å². The Balaban J connectivity index is 2.21. The monoisotopic (exact) mass is 224 g/mol. The number of fused-ring (bicyclic) bond motifs is 1. The number of anilines is 1. The van der Waals surface area contributed by atoms with Gasteiger partial charge < -0.3 is 5.32 Å². The van der Waals surface area contributed by atoms with E-state index < -0.39 is 0 Å². The first-order valence-electron chi connectivity index (χ1n) is 5.04. The van der Waals surface area contributed by atoms with Crippen LogP contribution in [0.15, 0.2) is 18.5 Å². The number of imidazole rings is 1. The number of hydrogen-bond donors (Lipinski definition) is 1. The van der Waals surface area contributed by atoms with Crippen LogP contribution in [0.4, 0.5) is 5.82 Å². The molecule has 0 amide bonds. The molecule has 2 rings (SSSR count). The highest BCUT2D eigenvalue weighted by Gasteiger charge is 2.03. The standard InChI is InChI=1S/C10H13ClN4/c1-2-3-4-12-9-7-8(11)15-6-5-13-10(15)14-9/h5-7H,2-4H2,1H3,(H,12,13,14). The minimum atomic E-state index is 0.622. The zero-order valence-electron chi connectivity index (χ0n) is 8.57. The zero-order valence-corrected chi connectivity index (χ0v) is 9.33. The maximum atomic E-state index is 6.06. The summed E-state index contributed by atoms with van der Waals surface area (Å²) in [6.07, 6.45) is 5.76. The van der Waals surface area contributed by atoms with Crippen LogP contribution in [0.1, 0.15) is 19.8 Å². The lowest BCUT2D eigenvalue weighted by Gasteiger charge is -2.05. The zero-order chi connectivity index (χ0) is 10.7. The Morgan fingerprint density at radius 1 is 1.53 bits per heavy atom. The summed E-state index contributed by atoms with van der Waals surface area (Å²) in [5, 5.41) is 3.84. The second-order valence-electron chi connectivity index (χ2n) is 3.34. The average molecular weight is 225 g/mol. The van der Waals surface area contributed by atoms with Crippen molar-refractivity contribution in [3.63, 3.8) is 0 Å². The third-order valence-corrected chi connectivity index (χ3v) is 2.46. The Bertz CT molecular complexity index is 452. The Kier molecular flexibility index (Phi) is 3.06. The van der Waals surface area contributed by atoms with Crippen LogP contribution in [0.25, 0.3) is 5.78 Å². The topological polar surface area (TPSA) is 42.2 Å². The van der Waals surface area contributed by atoms with Crippen molar-refractivity contribution in [1.82, 2.24) is 14.4 Å². The number of nitrogens with one attached hydrogen (secondary N) is 1. The summed E-state index contributed by atoms with van der Waals surface area (Å²) < 4.78 is 1.74. The summed E-state index contributed by atoms with van der Waals surface area (Å²) in [5.74, 6) is 1.41. The van der Waals surface area contributed by atoms with Crippen molar-refractivity contribution >= 4 is 23.2 Å². The van der Waals surface area contributed by atoms with Gasteiger partial charge in [0.15, 0.2) is 0 Å². The van der Waals surface area contributed by atoms with E-state index in [1.807, 2.05) is 6.07 Å². The van der Waals surface area contributed by atoms with E-state index in [-0.39, 0.29) is 0 Å². The molecule has 0 aliphatic heterocycles. The summed E-state index contributed by atoms with van der Waals surface area (Å²) in [6, 6.07) is 1.81. The van der Waals surface area contributed by atoms with Crippen molar-refractivity contribution in [1.29, 1.82) is 0 Å². The Morgan fingerprint density at radius 3 is 3.20 bits per heavy atom. The van der Waals surface area contributed by atoms with Crippen LogP contribution >= 0.6 is 11.6 Å². The smallest absolute Gasteiger partial charge is 0.236 e. The molecule has 0 aliphatic carbocycles. The quantitative estimate of drug-likeness (QED) is 0.641. The fourth-order valence-electron chi connectivity index (χ4n) is 1.35. The Labute approximate surface area is 93.3 Å². The van der Waals surface area contributed by atoms with E-state index in [0.29, 0.717) is 10.9 Å². The molecule has 2 aromatic rings. The first-order valence-corrected chi connectivity index (χ1v) is 5.42. The molecule has 0 aromatic carbocycles. The van der Waals surface area contributed by atoms with E-state index in [0.717, 1.165) is 25.2 Å². The van der Waals surface area contributed by atoms with Crippen LogP contribution in [0, 0.1) is 0 Å². The van der Waals surface area contributed by atoms with Crippen molar-refractivity contribution < 1.29 is 0 Å². The molecule has 0 unspecified atom stereocenters. The van der Waals surface area contributed by atoms with Gasteiger partial charge >= 0.3 is 0 Å². The molecule has 2 aromatic heterocycles. The maximum absolute atomic E-state index is 6.06. The van der Waals surface area contributed by atoms with Gasteiger partial charge in [-0.15, -0.1) is 0 Å². The lowest BCUT2D eigenvalue weighted by atomic mass is 10.3. The molecule has 80 valence electrons. The molecule has 0 bridgehead atoms. The maximum Gasteiger partial charge on any atom is 0.236 e. The van der Waals surface area contributed by atoms with Gasteiger partial charge in [-0.2, -0.15) is 4.98 Å². The molecular weight excluding hydrogens is 212 g/mol. The van der Waals surface area contributed by atoms with E-state index in [1.165, 1.54) is 0 Å². The minimum absolute atomic E-state index is 0.622. The van der Waals surface area contributed by atoms with E-state index in [9.17, 15) is 0 Å². The lowest BCUT2D eigenvalue weighted by Crippen LogP contribution is -2.04. The number of halogens is 1. The van der Waals surface area contributed by atoms with E-state index in [4.69, 9.17) is 11.6 Å². The van der Waals surface area contributed by atoms with Gasteiger partial charge in [0.05, 0.1) is 0 Å². The molecule has 2 heterocycles. The number of unbranched alkanes of at least 4 members (excludes halogenated alkanes) is 1. The van der Waals surface area contributed by atoms with Crippen molar-refractivity contribution in [3.05, 3.63) is 23.6 Å². The lowest BCUT2D eigenvalue weighted by molar-refractivity contribution is 0.830. The first-order chi connectivity index (χ1) is 7.31. The van der Waals surface area contributed by atoms with Gasteiger partial charge in [-0.3, -0.25) is 4.40 Å². The summed E-state index contributed by atoms with van der Waals surface area (Å²) in [7, 11) is 0. The molecule has 5 heteroatoms. The fourth-order valence-corrected chi connectivity index (χ4v) is 1.59. The van der Waals surface area contributed by atoms with Gasteiger partial charge in [0.25, 0.3) is 0 Å². The first kappa shape index (κ1) is 10.2. The summed E-state index contributed by atoms with van der Waals surface area (Å²) >= 11 is 6.06. The van der Waals surface area contributed by atoms with Crippen molar-refractivity contribution in [2.45, 2.75) is 19.8 Å². The van der Waals surface area contributed by atoms with Crippen LogP contribution in [-0.4, -0.2) is 20.9 Å². The molecule has 0 saturated carbocycles. The van der Waals surface area contributed by atoms with Gasteiger partial charge in [0.2, 0.25) is 5.78 Å². The SMILES string of the molecule is CCCCNc1cc(Cl)n2ccnc2n1. The third-order valence-electron chi connectivity index (χ3n) is 2.16. The molecule has 0 spiro atoms. The summed E-state index contributed by atoms with van der Waals surface area (Å²) in [6.45, 7) is 3.07. The van der Waals surface area contributed by atoms with Gasteiger partial charge in [-0.05, 0) is 6.42 Å². The van der Waals surface area contributed by atoms with Gasteiger partial charge in [0.1, 0.15) is 11.0 Å². The second-order valence-corrected chi connectivity index (χ2v) is 3.73. The second kappa shape index (κ2) is 4.49. The van der Waals surface area contributed by atoms with Crippen LogP contribution in [0.3, 0.4) is 0 Å². The van der Waals surface area contributed by atoms with E-state index in [2.05, 4.69) is 22.2 Å². The minimum Gasteiger partial charge on any atom is -0.370 e. The fraction of sp³-hybridized carbons (Fsp3) is 0.400. The number of nitrogens with zero attached hydrogens (tertiary/aromatic N) is 3. The normalized spacial score (nSPS) is 10.8. The molecule has 0 saturated heterocycles. The van der Waals surface area contributed by atoms with Crippen LogP contribution in [-0.2, 0) is 0 Å². The van der Waals surface area contributed by atoms with Crippen LogP contribution in [0.5, 0.6) is 0 Å². The largest absolute Gasteiger partial charge is 0.370 e. The van der Waals surface area contributed by atoms with Crippen molar-refractivity contribution in [2.75, 3.05) is 11.9 Å². The van der Waals surface area contributed by atoms with Gasteiger partial charge in [-0.1, -0.05) is 24.9 Å². The number of hydrogen-bond acceptors (Lipinski definition) is 3. The van der Waals surface area contributed by atoms with Crippen LogP contribution < -0.4 is 5.32 Å². The van der Waals surface area contributed by atoms with Gasteiger partial charge in [-0.25, -0.2) is 4.98 Å². The third kappa shape index (κ3) is 2.21. The van der Waals surface area contributed by atoms with E-state index >= 15 is 0 Å². The highest BCUT2D eigenvalue weighted by molar-refractivity contribution is 6.30. The number of rotatable bonds is 4. The highest BCUT2D eigenvalue weighted by atomic mass is 35.5. The Morgan fingerprint density at radius 2 is 2.40 bits per heavy atom. The van der Waals surface area contributed by atoms with E-state index in [1.54, 1.807) is 16.8 Å². The Hall–Kier alpha value is -1.29.